The summed E-state index contributed by atoms with van der Waals surface area (Å²) in [6, 6.07) is 6.94. The smallest absolute Gasteiger partial charge is 0.341 e. The van der Waals surface area contributed by atoms with Gasteiger partial charge < -0.3 is 9.84 Å². The maximum Gasteiger partial charge on any atom is 0.341 e. The van der Waals surface area contributed by atoms with Gasteiger partial charge in [0.15, 0.2) is 6.61 Å². The highest BCUT2D eigenvalue weighted by molar-refractivity contribution is 7.99. The molecule has 0 aliphatic carbocycles. The van der Waals surface area contributed by atoms with Crippen molar-refractivity contribution < 1.29 is 23.1 Å². The number of carbonyl (C=O) groups is 1. The molecule has 2 N–H and O–H groups in total. The number of nitrogens with one attached hydrogen (secondary N) is 1. The summed E-state index contributed by atoms with van der Waals surface area (Å²) in [5.74, 6) is 0.0777. The van der Waals surface area contributed by atoms with Crippen LogP contribution in [-0.2, 0) is 14.8 Å². The largest absolute Gasteiger partial charge is 0.482 e. The molecule has 0 saturated heterocycles. The Bertz CT molecular complexity index is 512. The van der Waals surface area contributed by atoms with Crippen molar-refractivity contribution in [1.29, 1.82) is 0 Å². The summed E-state index contributed by atoms with van der Waals surface area (Å²) in [6.07, 6.45) is 1.12. The summed E-state index contributed by atoms with van der Waals surface area (Å²) in [5.41, 5.74) is 0. The van der Waals surface area contributed by atoms with Crippen molar-refractivity contribution in [2.24, 2.45) is 0 Å². The van der Waals surface area contributed by atoms with E-state index in [-0.39, 0.29) is 6.61 Å². The number of carboxylic acids is 1. The molecule has 0 atom stereocenters. The molecule has 0 unspecified atom stereocenters. The standard InChI is InChI=1S/C11H15NO5S2/c1-19(15,16)12-6-7-18-10-4-2-9(3-5-10)17-8-11(13)14/h2-5,12H,6-8H2,1H3,(H,13,14). The molecule has 0 aliphatic heterocycles. The van der Waals surface area contributed by atoms with Gasteiger partial charge in [-0.3, -0.25) is 0 Å². The van der Waals surface area contributed by atoms with E-state index >= 15 is 0 Å². The van der Waals surface area contributed by atoms with Crippen molar-refractivity contribution in [2.75, 3.05) is 25.2 Å². The number of hydrogen-bond donors (Lipinski definition) is 2. The van der Waals surface area contributed by atoms with Crippen molar-refractivity contribution in [3.05, 3.63) is 24.3 Å². The minimum atomic E-state index is -3.14. The zero-order valence-electron chi connectivity index (χ0n) is 10.3. The summed E-state index contributed by atoms with van der Waals surface area (Å²) < 4.78 is 29.0. The lowest BCUT2D eigenvalue weighted by Gasteiger charge is -2.05. The van der Waals surface area contributed by atoms with Gasteiger partial charge in [-0.25, -0.2) is 17.9 Å². The van der Waals surface area contributed by atoms with Gasteiger partial charge >= 0.3 is 5.97 Å². The third kappa shape index (κ3) is 7.70. The SMILES string of the molecule is CS(=O)(=O)NCCSc1ccc(OCC(=O)O)cc1. The molecule has 0 radical (unpaired) electrons. The molecule has 0 aromatic heterocycles. The monoisotopic (exact) mass is 305 g/mol. The third-order valence-electron chi connectivity index (χ3n) is 1.92. The van der Waals surface area contributed by atoms with Crippen LogP contribution in [0.15, 0.2) is 29.2 Å². The Morgan fingerprint density at radius 3 is 2.53 bits per heavy atom. The summed E-state index contributed by atoms with van der Waals surface area (Å²) in [6.45, 7) is -0.00840. The predicted octanol–water partition coefficient (Wildman–Crippen LogP) is 0.791. The zero-order valence-corrected chi connectivity index (χ0v) is 12.0. The van der Waals surface area contributed by atoms with Crippen LogP contribution in [-0.4, -0.2) is 44.7 Å². The Balaban J connectivity index is 2.34. The number of hydrogen-bond acceptors (Lipinski definition) is 5. The predicted molar refractivity (Wildman–Crippen MR) is 73.1 cm³/mol. The molecule has 1 rings (SSSR count). The van der Waals surface area contributed by atoms with Crippen molar-refractivity contribution in [1.82, 2.24) is 4.72 Å². The fraction of sp³-hybridized carbons (Fsp3) is 0.364. The van der Waals surface area contributed by atoms with E-state index in [1.165, 1.54) is 11.8 Å². The quantitative estimate of drug-likeness (QED) is 0.545. The molecule has 0 saturated carbocycles. The molecule has 1 aromatic carbocycles. The highest BCUT2D eigenvalue weighted by Crippen LogP contribution is 2.20. The van der Waals surface area contributed by atoms with Gasteiger partial charge in [0.05, 0.1) is 6.26 Å². The van der Waals surface area contributed by atoms with Crippen LogP contribution in [0.3, 0.4) is 0 Å². The molecule has 0 fully saturated rings. The van der Waals surface area contributed by atoms with E-state index in [1.807, 2.05) is 0 Å². The van der Waals surface area contributed by atoms with Gasteiger partial charge in [-0.05, 0) is 24.3 Å². The van der Waals surface area contributed by atoms with E-state index in [1.54, 1.807) is 24.3 Å². The van der Waals surface area contributed by atoms with E-state index in [9.17, 15) is 13.2 Å². The average molecular weight is 305 g/mol. The van der Waals surface area contributed by atoms with E-state index in [0.717, 1.165) is 11.2 Å². The minimum absolute atomic E-state index is 0.362. The third-order valence-corrected chi connectivity index (χ3v) is 3.66. The van der Waals surface area contributed by atoms with E-state index in [2.05, 4.69) is 4.72 Å². The van der Waals surface area contributed by atoms with Crippen molar-refractivity contribution in [2.45, 2.75) is 4.90 Å². The molecular weight excluding hydrogens is 290 g/mol. The Kier molecular flexibility index (Phi) is 6.13. The topological polar surface area (TPSA) is 92.7 Å². The van der Waals surface area contributed by atoms with Gasteiger partial charge in [0, 0.05) is 17.2 Å². The van der Waals surface area contributed by atoms with Crippen LogP contribution in [0.2, 0.25) is 0 Å². The van der Waals surface area contributed by atoms with Crippen LogP contribution in [0.25, 0.3) is 0 Å². The molecule has 0 aliphatic rings. The summed E-state index contributed by atoms with van der Waals surface area (Å²) in [5, 5.41) is 8.45. The van der Waals surface area contributed by atoms with E-state index < -0.39 is 16.0 Å². The molecule has 0 amide bonds. The molecule has 0 bridgehead atoms. The lowest BCUT2D eigenvalue weighted by Crippen LogP contribution is -2.24. The summed E-state index contributed by atoms with van der Waals surface area (Å²) >= 11 is 1.50. The van der Waals surface area contributed by atoms with Crippen LogP contribution in [0.5, 0.6) is 5.75 Å². The molecule has 6 nitrogen and oxygen atoms in total. The van der Waals surface area contributed by atoms with Crippen LogP contribution in [0, 0.1) is 0 Å². The van der Waals surface area contributed by atoms with E-state index in [4.69, 9.17) is 9.84 Å². The maximum absolute atomic E-state index is 10.8. The highest BCUT2D eigenvalue weighted by atomic mass is 32.2. The molecule has 0 spiro atoms. The molecule has 19 heavy (non-hydrogen) atoms. The first-order chi connectivity index (χ1) is 8.87. The first-order valence-corrected chi connectivity index (χ1v) is 8.26. The van der Waals surface area contributed by atoms with E-state index in [0.29, 0.717) is 18.0 Å². The second-order valence-electron chi connectivity index (χ2n) is 3.67. The lowest BCUT2D eigenvalue weighted by molar-refractivity contribution is -0.139. The van der Waals surface area contributed by atoms with Gasteiger partial charge in [0.2, 0.25) is 10.0 Å². The van der Waals surface area contributed by atoms with Gasteiger partial charge in [0.25, 0.3) is 0 Å². The molecular formula is C11H15NO5S2. The minimum Gasteiger partial charge on any atom is -0.482 e. The molecule has 106 valence electrons. The second-order valence-corrected chi connectivity index (χ2v) is 6.67. The van der Waals surface area contributed by atoms with Gasteiger partial charge in [-0.1, -0.05) is 0 Å². The number of ether oxygens (including phenoxy) is 1. The van der Waals surface area contributed by atoms with Gasteiger partial charge in [-0.2, -0.15) is 0 Å². The molecule has 0 heterocycles. The number of sulfonamides is 1. The number of aliphatic carboxylic acids is 1. The zero-order chi connectivity index (χ0) is 14.3. The lowest BCUT2D eigenvalue weighted by atomic mass is 10.3. The fourth-order valence-electron chi connectivity index (χ4n) is 1.17. The van der Waals surface area contributed by atoms with Crippen molar-refractivity contribution >= 4 is 27.8 Å². The number of thioether (sulfide) groups is 1. The van der Waals surface area contributed by atoms with Crippen molar-refractivity contribution in [3.63, 3.8) is 0 Å². The van der Waals surface area contributed by atoms with Crippen LogP contribution in [0.1, 0.15) is 0 Å². The summed E-state index contributed by atoms with van der Waals surface area (Å²) in [7, 11) is -3.14. The summed E-state index contributed by atoms with van der Waals surface area (Å²) in [4.78, 5) is 11.3. The van der Waals surface area contributed by atoms with Crippen LogP contribution >= 0.6 is 11.8 Å². The number of rotatable bonds is 8. The molecule has 8 heteroatoms. The van der Waals surface area contributed by atoms with Gasteiger partial charge in [0.1, 0.15) is 5.75 Å². The van der Waals surface area contributed by atoms with Crippen LogP contribution in [0.4, 0.5) is 0 Å². The highest BCUT2D eigenvalue weighted by Gasteiger charge is 2.01. The number of benzene rings is 1. The average Bonchev–Trinajstić information content (AvgIpc) is 2.32. The van der Waals surface area contributed by atoms with Crippen LogP contribution < -0.4 is 9.46 Å². The Labute approximate surface area is 116 Å². The van der Waals surface area contributed by atoms with Gasteiger partial charge in [-0.15, -0.1) is 11.8 Å². The number of carboxylic acid groups (broad SMARTS) is 1. The normalized spacial score (nSPS) is 11.2. The Morgan fingerprint density at radius 1 is 1.37 bits per heavy atom. The molecule has 1 aromatic rings. The first kappa shape index (κ1) is 15.8. The fourth-order valence-corrected chi connectivity index (χ4v) is 2.54. The maximum atomic E-state index is 10.8. The second kappa shape index (κ2) is 7.37. The van der Waals surface area contributed by atoms with Crippen molar-refractivity contribution in [3.8, 4) is 5.75 Å². The Morgan fingerprint density at radius 2 is 2.00 bits per heavy atom. The Hall–Kier alpha value is -1.25. The first-order valence-electron chi connectivity index (χ1n) is 5.39.